The third kappa shape index (κ3) is 4.62. The Morgan fingerprint density at radius 1 is 1.08 bits per heavy atom. The van der Waals surface area contributed by atoms with Gasteiger partial charge in [-0.05, 0) is 54.8 Å². The van der Waals surface area contributed by atoms with Gasteiger partial charge in [-0.15, -0.1) is 0 Å². The zero-order valence-corrected chi connectivity index (χ0v) is 15.3. The molecule has 0 spiro atoms. The Morgan fingerprint density at radius 3 is 2.42 bits per heavy atom. The molecule has 2 aromatic rings. The number of benzene rings is 2. The summed E-state index contributed by atoms with van der Waals surface area (Å²) >= 11 is 0. The number of hydrogen-bond acceptors (Lipinski definition) is 3. The highest BCUT2D eigenvalue weighted by Gasteiger charge is 2.21. The van der Waals surface area contributed by atoms with Crippen LogP contribution in [0, 0.1) is 25.2 Å². The third-order valence-corrected chi connectivity index (χ3v) is 4.59. The molecule has 3 rings (SSSR count). The number of nitrogens with one attached hydrogen (secondary N) is 1. The van der Waals surface area contributed by atoms with Crippen LogP contribution in [0.5, 0.6) is 0 Å². The summed E-state index contributed by atoms with van der Waals surface area (Å²) in [6, 6.07) is 15.9. The van der Waals surface area contributed by atoms with Crippen molar-refractivity contribution < 1.29 is 4.79 Å². The van der Waals surface area contributed by atoms with Gasteiger partial charge < -0.3 is 10.2 Å². The Kier molecular flexibility index (Phi) is 5.55. The van der Waals surface area contributed by atoms with E-state index in [2.05, 4.69) is 22.4 Å². The Hall–Kier alpha value is -2.84. The lowest BCUT2D eigenvalue weighted by atomic mass is 10.1. The van der Waals surface area contributed by atoms with Crippen molar-refractivity contribution in [2.45, 2.75) is 20.4 Å². The van der Waals surface area contributed by atoms with E-state index >= 15 is 0 Å². The lowest BCUT2D eigenvalue weighted by Crippen LogP contribution is -2.49. The molecule has 5 nitrogen and oxygen atoms in total. The Labute approximate surface area is 154 Å². The van der Waals surface area contributed by atoms with Gasteiger partial charge in [-0.1, -0.05) is 18.2 Å². The van der Waals surface area contributed by atoms with E-state index in [9.17, 15) is 4.79 Å². The van der Waals surface area contributed by atoms with Crippen LogP contribution in [0.4, 0.5) is 10.5 Å². The first kappa shape index (κ1) is 18.0. The highest BCUT2D eigenvalue weighted by molar-refractivity contribution is 5.89. The number of urea groups is 1. The number of amides is 2. The molecule has 2 aromatic carbocycles. The molecule has 1 saturated heterocycles. The van der Waals surface area contributed by atoms with E-state index in [0.29, 0.717) is 18.7 Å². The Morgan fingerprint density at radius 2 is 1.77 bits per heavy atom. The summed E-state index contributed by atoms with van der Waals surface area (Å²) in [4.78, 5) is 16.7. The first-order chi connectivity index (χ1) is 12.5. The maximum absolute atomic E-state index is 12.5. The molecular formula is C21H24N4O. The summed E-state index contributed by atoms with van der Waals surface area (Å²) in [5.74, 6) is 0. The van der Waals surface area contributed by atoms with Crippen LogP contribution in [-0.4, -0.2) is 42.0 Å². The molecule has 0 aliphatic carbocycles. The van der Waals surface area contributed by atoms with Crippen molar-refractivity contribution in [2.75, 3.05) is 31.5 Å². The van der Waals surface area contributed by atoms with Crippen molar-refractivity contribution in [1.29, 1.82) is 5.26 Å². The van der Waals surface area contributed by atoms with E-state index in [0.717, 1.165) is 42.0 Å². The van der Waals surface area contributed by atoms with Gasteiger partial charge in [-0.3, -0.25) is 4.90 Å². The number of carbonyl (C=O) groups is 1. The lowest BCUT2D eigenvalue weighted by molar-refractivity contribution is 0.143. The van der Waals surface area contributed by atoms with E-state index < -0.39 is 0 Å². The molecule has 1 aliphatic heterocycles. The Bertz CT molecular complexity index is 812. The summed E-state index contributed by atoms with van der Waals surface area (Å²) in [6.07, 6.45) is 0. The summed E-state index contributed by atoms with van der Waals surface area (Å²) in [5.41, 5.74) is 4.96. The molecule has 2 amide bonds. The second-order valence-corrected chi connectivity index (χ2v) is 6.88. The second-order valence-electron chi connectivity index (χ2n) is 6.88. The van der Waals surface area contributed by atoms with Gasteiger partial charge in [0.2, 0.25) is 0 Å². The molecule has 0 bridgehead atoms. The van der Waals surface area contributed by atoms with E-state index in [1.165, 1.54) is 0 Å². The van der Waals surface area contributed by atoms with Crippen molar-refractivity contribution in [2.24, 2.45) is 0 Å². The smallest absolute Gasteiger partial charge is 0.321 e. The number of anilines is 1. The molecule has 134 valence electrons. The molecule has 1 fully saturated rings. The number of nitrogens with zero attached hydrogens (tertiary/aromatic N) is 3. The summed E-state index contributed by atoms with van der Waals surface area (Å²) < 4.78 is 0. The number of carbonyl (C=O) groups excluding carboxylic acids is 1. The predicted octanol–water partition coefficient (Wildman–Crippen LogP) is 3.52. The largest absolute Gasteiger partial charge is 0.322 e. The minimum Gasteiger partial charge on any atom is -0.322 e. The van der Waals surface area contributed by atoms with Crippen LogP contribution in [0.25, 0.3) is 0 Å². The third-order valence-electron chi connectivity index (χ3n) is 4.59. The van der Waals surface area contributed by atoms with Crippen molar-refractivity contribution in [3.63, 3.8) is 0 Å². The van der Waals surface area contributed by atoms with Gasteiger partial charge in [0.05, 0.1) is 11.6 Å². The maximum Gasteiger partial charge on any atom is 0.321 e. The highest BCUT2D eigenvalue weighted by atomic mass is 16.2. The maximum atomic E-state index is 12.5. The van der Waals surface area contributed by atoms with Crippen molar-refractivity contribution >= 4 is 11.7 Å². The quantitative estimate of drug-likeness (QED) is 0.923. The van der Waals surface area contributed by atoms with Gasteiger partial charge in [0.15, 0.2) is 0 Å². The second kappa shape index (κ2) is 8.03. The van der Waals surface area contributed by atoms with Gasteiger partial charge in [-0.25, -0.2) is 4.79 Å². The number of piperazine rings is 1. The van der Waals surface area contributed by atoms with Crippen molar-refractivity contribution in [3.05, 3.63) is 64.7 Å². The van der Waals surface area contributed by atoms with Crippen molar-refractivity contribution in [1.82, 2.24) is 9.80 Å². The van der Waals surface area contributed by atoms with E-state index in [1.54, 1.807) is 0 Å². The molecule has 0 unspecified atom stereocenters. The molecule has 1 aliphatic rings. The Balaban J connectivity index is 1.53. The van der Waals surface area contributed by atoms with Gasteiger partial charge in [0, 0.05) is 38.4 Å². The van der Waals surface area contributed by atoms with Gasteiger partial charge in [0.25, 0.3) is 0 Å². The molecule has 5 heteroatoms. The highest BCUT2D eigenvalue weighted by Crippen LogP contribution is 2.15. The average molecular weight is 348 g/mol. The first-order valence-electron chi connectivity index (χ1n) is 8.89. The van der Waals surface area contributed by atoms with Gasteiger partial charge in [0.1, 0.15) is 0 Å². The van der Waals surface area contributed by atoms with Crippen molar-refractivity contribution in [3.8, 4) is 6.07 Å². The lowest BCUT2D eigenvalue weighted by Gasteiger charge is -2.34. The summed E-state index contributed by atoms with van der Waals surface area (Å²) in [7, 11) is 0. The minimum atomic E-state index is -0.0406. The van der Waals surface area contributed by atoms with Crippen LogP contribution in [-0.2, 0) is 6.54 Å². The van der Waals surface area contributed by atoms with Crippen LogP contribution >= 0.6 is 0 Å². The predicted molar refractivity (Wildman–Crippen MR) is 103 cm³/mol. The minimum absolute atomic E-state index is 0.0406. The first-order valence-corrected chi connectivity index (χ1v) is 8.89. The summed E-state index contributed by atoms with van der Waals surface area (Å²) in [5, 5.41) is 12.0. The van der Waals surface area contributed by atoms with Crippen LogP contribution in [0.15, 0.2) is 42.5 Å². The number of rotatable bonds is 3. The molecule has 0 atom stereocenters. The topological polar surface area (TPSA) is 59.4 Å². The van der Waals surface area contributed by atoms with Crippen LogP contribution < -0.4 is 5.32 Å². The standard InChI is InChI=1S/C21H24N4O/c1-16-10-17(2)12-20(11-16)23-21(26)25-8-6-24(7-9-25)15-19-5-3-4-18(13-19)14-22/h3-5,10-13H,6-9,15H2,1-2H3,(H,23,26). The molecule has 0 saturated carbocycles. The average Bonchev–Trinajstić information content (AvgIpc) is 2.61. The van der Waals surface area contributed by atoms with E-state index in [4.69, 9.17) is 5.26 Å². The fraction of sp³-hybridized carbons (Fsp3) is 0.333. The zero-order chi connectivity index (χ0) is 18.5. The SMILES string of the molecule is Cc1cc(C)cc(NC(=O)N2CCN(Cc3cccc(C#N)c3)CC2)c1. The fourth-order valence-electron chi connectivity index (χ4n) is 3.36. The number of aryl methyl sites for hydroxylation is 2. The van der Waals surface area contributed by atoms with E-state index in [-0.39, 0.29) is 6.03 Å². The van der Waals surface area contributed by atoms with Crippen LogP contribution in [0.3, 0.4) is 0 Å². The number of nitriles is 1. The normalized spacial score (nSPS) is 14.7. The monoisotopic (exact) mass is 348 g/mol. The van der Waals surface area contributed by atoms with Crippen LogP contribution in [0.2, 0.25) is 0 Å². The molecule has 26 heavy (non-hydrogen) atoms. The molecule has 0 aromatic heterocycles. The molecule has 1 N–H and O–H groups in total. The molecule has 0 radical (unpaired) electrons. The fourth-order valence-corrected chi connectivity index (χ4v) is 3.36. The summed E-state index contributed by atoms with van der Waals surface area (Å²) in [6.45, 7) is 7.94. The van der Waals surface area contributed by atoms with E-state index in [1.807, 2.05) is 55.1 Å². The molecule has 1 heterocycles. The molecular weight excluding hydrogens is 324 g/mol. The number of hydrogen-bond donors (Lipinski definition) is 1. The zero-order valence-electron chi connectivity index (χ0n) is 15.3. The van der Waals surface area contributed by atoms with Crippen LogP contribution in [0.1, 0.15) is 22.3 Å². The van der Waals surface area contributed by atoms with Gasteiger partial charge in [-0.2, -0.15) is 5.26 Å². The van der Waals surface area contributed by atoms with Gasteiger partial charge >= 0.3 is 6.03 Å².